The molecular formula is C37H50ClN3O11. The van der Waals surface area contributed by atoms with E-state index in [4.69, 9.17) is 40.0 Å². The Balaban J connectivity index is 1.84. The molecule has 0 radical (unpaired) electrons. The highest BCUT2D eigenvalue weighted by atomic mass is 35.5. The number of alkyl carbamates (subject to hydrolysis) is 1. The summed E-state index contributed by atoms with van der Waals surface area (Å²) in [4.78, 5) is 55.8. The van der Waals surface area contributed by atoms with E-state index in [9.17, 15) is 24.3 Å². The van der Waals surface area contributed by atoms with Crippen molar-refractivity contribution in [1.82, 2.24) is 10.2 Å². The quantitative estimate of drug-likeness (QED) is 0.233. The number of amides is 3. The molecule has 4 bridgehead atoms. The van der Waals surface area contributed by atoms with E-state index in [1.54, 1.807) is 51.3 Å². The Bertz CT molecular complexity index is 1650. The van der Waals surface area contributed by atoms with E-state index in [-0.39, 0.29) is 23.4 Å². The van der Waals surface area contributed by atoms with Crippen LogP contribution in [-0.2, 0) is 38.1 Å². The van der Waals surface area contributed by atoms with E-state index in [1.165, 1.54) is 52.0 Å². The van der Waals surface area contributed by atoms with Gasteiger partial charge in [-0.2, -0.15) is 0 Å². The van der Waals surface area contributed by atoms with Gasteiger partial charge in [-0.05, 0) is 51.0 Å². The molecule has 0 spiro atoms. The molecule has 2 N–H and O–H groups in total. The molecule has 0 aromatic heterocycles. The number of aliphatic hydroxyl groups is 1. The summed E-state index contributed by atoms with van der Waals surface area (Å²) in [6.07, 6.45) is -0.549. The van der Waals surface area contributed by atoms with Crippen LogP contribution in [0.1, 0.15) is 59.1 Å². The third-order valence-corrected chi connectivity index (χ3v) is 10.6. The first kappa shape index (κ1) is 40.8. The minimum atomic E-state index is -1.87. The summed E-state index contributed by atoms with van der Waals surface area (Å²) in [5, 5.41) is 14.4. The smallest absolute Gasteiger partial charge is 0.409 e. The van der Waals surface area contributed by atoms with Crippen LogP contribution >= 0.6 is 11.6 Å². The summed E-state index contributed by atoms with van der Waals surface area (Å²) in [5.74, 6) is -1.96. The maximum atomic E-state index is 14.2. The topological polar surface area (TPSA) is 166 Å². The Morgan fingerprint density at radius 3 is 2.48 bits per heavy atom. The third kappa shape index (κ3) is 8.16. The lowest BCUT2D eigenvalue weighted by atomic mass is 9.83. The van der Waals surface area contributed by atoms with Gasteiger partial charge < -0.3 is 43.3 Å². The Morgan fingerprint density at radius 2 is 1.88 bits per heavy atom. The van der Waals surface area contributed by atoms with Crippen molar-refractivity contribution in [2.24, 2.45) is 5.92 Å². The van der Waals surface area contributed by atoms with E-state index >= 15 is 0 Å². The van der Waals surface area contributed by atoms with Crippen molar-refractivity contribution in [3.8, 4) is 5.75 Å². The summed E-state index contributed by atoms with van der Waals surface area (Å²) in [6, 6.07) is 2.38. The predicted octanol–water partition coefficient (Wildman–Crippen LogP) is 4.24. The summed E-state index contributed by atoms with van der Waals surface area (Å²) in [7, 11) is 7.40. The van der Waals surface area contributed by atoms with Gasteiger partial charge in [0.2, 0.25) is 11.8 Å². The van der Waals surface area contributed by atoms with E-state index in [1.807, 2.05) is 6.92 Å². The number of epoxide rings is 1. The van der Waals surface area contributed by atoms with Gasteiger partial charge in [-0.25, -0.2) is 9.59 Å². The Hall–Kier alpha value is -3.95. The fourth-order valence-electron chi connectivity index (χ4n) is 6.77. The van der Waals surface area contributed by atoms with Crippen LogP contribution in [0.2, 0.25) is 5.02 Å². The number of carbonyl (C=O) groups excluding carboxylic acids is 4. The molecule has 286 valence electrons. The van der Waals surface area contributed by atoms with Crippen LogP contribution in [-0.4, -0.2) is 111 Å². The van der Waals surface area contributed by atoms with Crippen molar-refractivity contribution >= 4 is 41.2 Å². The Labute approximate surface area is 309 Å². The van der Waals surface area contributed by atoms with Gasteiger partial charge in [0.05, 0.1) is 25.3 Å². The molecule has 52 heavy (non-hydrogen) atoms. The number of methoxy groups -OCH3 is 3. The highest BCUT2D eigenvalue weighted by molar-refractivity contribution is 6.35. The number of nitrogens with zero attached hydrogens (tertiary/aromatic N) is 2. The standard InChI is InChI=1S/C37H50ClN3O11/c1-19(2)33(43)40(7)22(5)34(44)51-28-17-29(42)41(8)24-15-23(16-25(47-9)30(24)38)31(49-11)20(3)13-12-14-27(48-10)37(46)18-26(50-35(45)39-37)21(4)32-36(28,6)52-32/h12-16,21-22,26-28,31-32,46H,1,17-18H2,2-11H3,(H,39,45)/b14-12+,20-13+. The first-order chi connectivity index (χ1) is 24.3. The fourth-order valence-corrected chi connectivity index (χ4v) is 7.09. The van der Waals surface area contributed by atoms with Crippen molar-refractivity contribution in [2.75, 3.05) is 40.3 Å². The first-order valence-electron chi connectivity index (χ1n) is 16.9. The van der Waals surface area contributed by atoms with Gasteiger partial charge in [0.1, 0.15) is 46.8 Å². The highest BCUT2D eigenvalue weighted by Crippen LogP contribution is 2.49. The predicted molar refractivity (Wildman–Crippen MR) is 192 cm³/mol. The summed E-state index contributed by atoms with van der Waals surface area (Å²) >= 11 is 6.78. The molecule has 4 rings (SSSR count). The number of likely N-dealkylation sites (N-methyl/N-ethyl adjacent to an activating group) is 1. The lowest BCUT2D eigenvalue weighted by molar-refractivity contribution is -0.161. The molecule has 2 fully saturated rings. The van der Waals surface area contributed by atoms with Crippen LogP contribution in [0.5, 0.6) is 5.75 Å². The number of anilines is 1. The van der Waals surface area contributed by atoms with Crippen molar-refractivity contribution < 1.29 is 52.7 Å². The van der Waals surface area contributed by atoms with Gasteiger partial charge in [-0.1, -0.05) is 43.3 Å². The number of hydrogen-bond donors (Lipinski definition) is 2. The number of carbonyl (C=O) groups is 4. The molecule has 1 aromatic rings. The molecule has 3 aliphatic heterocycles. The van der Waals surface area contributed by atoms with E-state index in [0.717, 1.165) is 5.57 Å². The van der Waals surface area contributed by atoms with Gasteiger partial charge in [-0.15, -0.1) is 0 Å². The average Bonchev–Trinajstić information content (AvgIpc) is 3.79. The molecule has 15 heteroatoms. The summed E-state index contributed by atoms with van der Waals surface area (Å²) in [6.45, 7) is 12.0. The number of benzene rings is 1. The highest BCUT2D eigenvalue weighted by Gasteiger charge is 2.64. The zero-order valence-electron chi connectivity index (χ0n) is 31.4. The molecule has 3 aliphatic rings. The molecule has 2 saturated heterocycles. The van der Waals surface area contributed by atoms with Crippen molar-refractivity contribution in [3.63, 3.8) is 0 Å². The molecule has 3 heterocycles. The minimum absolute atomic E-state index is 0.0802. The lowest BCUT2D eigenvalue weighted by Gasteiger charge is -2.42. The summed E-state index contributed by atoms with van der Waals surface area (Å²) < 4.78 is 35.0. The van der Waals surface area contributed by atoms with Gasteiger partial charge in [-0.3, -0.25) is 14.9 Å². The first-order valence-corrected chi connectivity index (χ1v) is 17.3. The zero-order valence-corrected chi connectivity index (χ0v) is 32.1. The second-order valence-corrected chi connectivity index (χ2v) is 14.2. The van der Waals surface area contributed by atoms with Crippen LogP contribution in [0.3, 0.4) is 0 Å². The molecule has 3 amide bonds. The van der Waals surface area contributed by atoms with Gasteiger partial charge in [0.25, 0.3) is 0 Å². The van der Waals surface area contributed by atoms with E-state index in [2.05, 4.69) is 11.9 Å². The van der Waals surface area contributed by atoms with Crippen molar-refractivity contribution in [1.29, 1.82) is 0 Å². The van der Waals surface area contributed by atoms with Gasteiger partial charge in [0, 0.05) is 46.2 Å². The number of esters is 1. The number of ether oxygens (including phenoxy) is 6. The Kier molecular flexibility index (Phi) is 12.5. The van der Waals surface area contributed by atoms with Crippen LogP contribution < -0.4 is 15.0 Å². The summed E-state index contributed by atoms with van der Waals surface area (Å²) in [5.41, 5.74) is -1.20. The Morgan fingerprint density at radius 1 is 1.21 bits per heavy atom. The second-order valence-electron chi connectivity index (χ2n) is 13.9. The van der Waals surface area contributed by atoms with Gasteiger partial charge >= 0.3 is 12.1 Å². The molecule has 1 aromatic carbocycles. The van der Waals surface area contributed by atoms with Crippen LogP contribution in [0.15, 0.2) is 48.1 Å². The molecule has 0 saturated carbocycles. The lowest BCUT2D eigenvalue weighted by Crippen LogP contribution is -2.63. The molecular weight excluding hydrogens is 698 g/mol. The number of allylic oxidation sites excluding steroid dienone is 2. The minimum Gasteiger partial charge on any atom is -0.495 e. The van der Waals surface area contributed by atoms with Crippen molar-refractivity contribution in [3.05, 3.63) is 58.7 Å². The number of hydrogen-bond acceptors (Lipinski definition) is 11. The monoisotopic (exact) mass is 747 g/mol. The number of fused-ring (bicyclic) bond motifs is 5. The largest absolute Gasteiger partial charge is 0.495 e. The van der Waals surface area contributed by atoms with Gasteiger partial charge in [0.15, 0.2) is 5.72 Å². The second kappa shape index (κ2) is 16.0. The molecule has 9 unspecified atom stereocenters. The molecule has 0 aliphatic carbocycles. The number of halogens is 1. The van der Waals surface area contributed by atoms with E-state index in [0.29, 0.717) is 17.0 Å². The normalized spacial score (nSPS) is 32.9. The van der Waals surface area contributed by atoms with Crippen LogP contribution in [0.25, 0.3) is 0 Å². The maximum absolute atomic E-state index is 14.2. The van der Waals surface area contributed by atoms with Crippen molar-refractivity contribution in [2.45, 2.75) is 95.3 Å². The zero-order chi connectivity index (χ0) is 38.9. The average molecular weight is 748 g/mol. The van der Waals surface area contributed by atoms with Crippen LogP contribution in [0, 0.1) is 5.92 Å². The third-order valence-electron chi connectivity index (χ3n) is 10.2. The van der Waals surface area contributed by atoms with E-state index < -0.39 is 77.7 Å². The fraction of sp³-hybridized carbons (Fsp3) is 0.568. The maximum Gasteiger partial charge on any atom is 0.409 e. The molecule has 14 nitrogen and oxygen atoms in total. The molecule has 9 atom stereocenters. The number of nitrogens with one attached hydrogen (secondary N) is 1. The SMILES string of the molecule is C=C(C)C(=O)N(C)C(C)C(=O)OC1CC(=O)N(C)c2cc(cc(OC)c2Cl)C(OC)/C(C)=C/C=C/C(OC)C2(O)CC(OC(=O)N2)C(C)C2OC12C. The van der Waals surface area contributed by atoms with Crippen LogP contribution in [0.4, 0.5) is 10.5 Å². The number of rotatable bonds is 7.